The summed E-state index contributed by atoms with van der Waals surface area (Å²) >= 11 is 6.24. The smallest absolute Gasteiger partial charge is 0.181 e. The van der Waals surface area contributed by atoms with Gasteiger partial charge in [0.1, 0.15) is 5.69 Å². The molecule has 5 aromatic rings. The number of aromatic nitrogens is 6. The molecule has 0 bridgehead atoms. The summed E-state index contributed by atoms with van der Waals surface area (Å²) in [7, 11) is 0. The van der Waals surface area contributed by atoms with Crippen LogP contribution >= 0.6 is 11.6 Å². The van der Waals surface area contributed by atoms with E-state index in [9.17, 15) is 0 Å². The highest BCUT2D eigenvalue weighted by Crippen LogP contribution is 2.32. The Balaban J connectivity index is 1.52. The van der Waals surface area contributed by atoms with E-state index in [1.165, 1.54) is 0 Å². The van der Waals surface area contributed by atoms with E-state index in [0.29, 0.717) is 22.1 Å². The van der Waals surface area contributed by atoms with Crippen molar-refractivity contribution in [3.63, 3.8) is 0 Å². The number of allylic oxidation sites excluding steroid dienone is 5. The van der Waals surface area contributed by atoms with Crippen molar-refractivity contribution in [3.8, 4) is 22.6 Å². The maximum atomic E-state index is 6.24. The van der Waals surface area contributed by atoms with Gasteiger partial charge in [-0.05, 0) is 54.8 Å². The molecule has 3 N–H and O–H groups in total. The van der Waals surface area contributed by atoms with Crippen molar-refractivity contribution in [2.24, 2.45) is 0 Å². The van der Waals surface area contributed by atoms with E-state index in [1.54, 1.807) is 6.20 Å². The molecule has 5 rings (SSSR count). The van der Waals surface area contributed by atoms with Crippen LogP contribution < -0.4 is 5.32 Å². The van der Waals surface area contributed by atoms with Crippen molar-refractivity contribution in [1.29, 1.82) is 0 Å². The van der Waals surface area contributed by atoms with E-state index in [0.717, 1.165) is 56.7 Å². The van der Waals surface area contributed by atoms with Gasteiger partial charge in [0.05, 0.1) is 10.9 Å². The first-order valence-electron chi connectivity index (χ1n) is 11.9. The molecule has 0 saturated carbocycles. The molecule has 1 aromatic carbocycles. The lowest BCUT2D eigenvalue weighted by molar-refractivity contribution is 0.923. The van der Waals surface area contributed by atoms with Gasteiger partial charge in [-0.3, -0.25) is 5.10 Å². The summed E-state index contributed by atoms with van der Waals surface area (Å²) in [4.78, 5) is 17.2. The normalized spacial score (nSPS) is 12.0. The predicted molar refractivity (Wildman–Crippen MR) is 152 cm³/mol. The number of imidazole rings is 1. The fourth-order valence-electron chi connectivity index (χ4n) is 4.07. The van der Waals surface area contributed by atoms with Gasteiger partial charge in [0.15, 0.2) is 17.1 Å². The number of benzene rings is 1. The Kier molecular flexibility index (Phi) is 6.70. The first-order chi connectivity index (χ1) is 18.0. The van der Waals surface area contributed by atoms with Gasteiger partial charge in [0.25, 0.3) is 0 Å². The highest BCUT2D eigenvalue weighted by atomic mass is 35.5. The number of pyridine rings is 2. The van der Waals surface area contributed by atoms with Gasteiger partial charge >= 0.3 is 0 Å². The van der Waals surface area contributed by atoms with Crippen LogP contribution in [0.1, 0.15) is 25.8 Å². The third-order valence-corrected chi connectivity index (χ3v) is 6.28. The molecule has 0 radical (unpaired) electrons. The highest BCUT2D eigenvalue weighted by molar-refractivity contribution is 6.30. The fourth-order valence-corrected chi connectivity index (χ4v) is 4.26. The second-order valence-corrected chi connectivity index (χ2v) is 8.97. The molecule has 0 aliphatic heterocycles. The Morgan fingerprint density at radius 3 is 2.76 bits per heavy atom. The molecule has 4 aromatic heterocycles. The number of nitrogens with zero attached hydrogens (tertiary/aromatic N) is 4. The lowest BCUT2D eigenvalue weighted by Gasteiger charge is -2.07. The number of hydrogen-bond acceptors (Lipinski definition) is 5. The van der Waals surface area contributed by atoms with Crippen LogP contribution in [0.2, 0.25) is 5.02 Å². The molecular weight excluding hydrogens is 482 g/mol. The van der Waals surface area contributed by atoms with Crippen LogP contribution in [0.3, 0.4) is 0 Å². The minimum Gasteiger partial charge on any atom is -0.360 e. The van der Waals surface area contributed by atoms with Gasteiger partial charge in [-0.1, -0.05) is 56.0 Å². The zero-order valence-electron chi connectivity index (χ0n) is 20.6. The van der Waals surface area contributed by atoms with E-state index >= 15 is 0 Å². The summed E-state index contributed by atoms with van der Waals surface area (Å²) in [6, 6.07) is 11.7. The zero-order valence-corrected chi connectivity index (χ0v) is 21.4. The van der Waals surface area contributed by atoms with Crippen molar-refractivity contribution in [2.45, 2.75) is 20.3 Å². The van der Waals surface area contributed by atoms with Crippen LogP contribution in [-0.4, -0.2) is 30.1 Å². The number of halogens is 1. The molecule has 0 unspecified atom stereocenters. The van der Waals surface area contributed by atoms with Crippen LogP contribution in [0.4, 0.5) is 0 Å². The molecule has 0 amide bonds. The highest BCUT2D eigenvalue weighted by Gasteiger charge is 2.16. The van der Waals surface area contributed by atoms with Crippen LogP contribution in [-0.2, 0) is 0 Å². The van der Waals surface area contributed by atoms with E-state index < -0.39 is 0 Å². The molecule has 7 nitrogen and oxygen atoms in total. The molecule has 0 aliphatic carbocycles. The number of H-pyrrole nitrogens is 2. The SMILES string of the molecule is C=C(/C=C\C(=C/C)c1cnc2n[nH]c(-c3nc4nccc(-c5cccc(Cl)c5)c4[nH]3)c2c1)NC(=C)CC. The zero-order chi connectivity index (χ0) is 25.9. The monoisotopic (exact) mass is 507 g/mol. The topological polar surface area (TPSA) is 95.2 Å². The number of hydrogen-bond donors (Lipinski definition) is 3. The molecule has 8 heteroatoms. The average molecular weight is 508 g/mol. The van der Waals surface area contributed by atoms with Crippen molar-refractivity contribution in [1.82, 2.24) is 35.5 Å². The molecule has 0 aliphatic rings. The second-order valence-electron chi connectivity index (χ2n) is 8.53. The molecular formula is C29H26ClN7. The fraction of sp³-hybridized carbons (Fsp3) is 0.103. The summed E-state index contributed by atoms with van der Waals surface area (Å²) in [6.07, 6.45) is 10.4. The summed E-state index contributed by atoms with van der Waals surface area (Å²) in [6.45, 7) is 12.1. The molecule has 0 fully saturated rings. The van der Waals surface area contributed by atoms with Gasteiger partial charge in [-0.2, -0.15) is 5.10 Å². The van der Waals surface area contributed by atoms with Crippen LogP contribution in [0.25, 0.3) is 50.4 Å². The molecule has 4 heterocycles. The van der Waals surface area contributed by atoms with Crippen molar-refractivity contribution >= 4 is 39.4 Å². The molecule has 37 heavy (non-hydrogen) atoms. The molecule has 0 spiro atoms. The Hall–Kier alpha value is -4.49. The quantitative estimate of drug-likeness (QED) is 0.193. The van der Waals surface area contributed by atoms with Crippen molar-refractivity contribution < 1.29 is 0 Å². The standard InChI is InChI=1S/C29H26ClN7/c1-5-17(3)33-18(4)10-11-19(6-2)21-15-24-26(36-37-27(24)32-16-21)29-34-25-23(12-13-31-28(25)35-29)20-8-7-9-22(30)14-20/h6-16,33H,3-5H2,1-2H3,(H,31,34,35)(H,32,36,37)/b11-10-,19-6+. The lowest BCUT2D eigenvalue weighted by Crippen LogP contribution is -2.08. The van der Waals surface area contributed by atoms with E-state index in [2.05, 4.69) is 49.7 Å². The first kappa shape index (κ1) is 24.2. The van der Waals surface area contributed by atoms with Crippen molar-refractivity contribution in [3.05, 3.63) is 102 Å². The molecule has 0 saturated heterocycles. The predicted octanol–water partition coefficient (Wildman–Crippen LogP) is 7.20. The third kappa shape index (κ3) is 4.94. The third-order valence-electron chi connectivity index (χ3n) is 6.05. The summed E-state index contributed by atoms with van der Waals surface area (Å²) < 4.78 is 0. The van der Waals surface area contributed by atoms with Gasteiger partial charge < -0.3 is 10.3 Å². The summed E-state index contributed by atoms with van der Waals surface area (Å²) in [5.41, 5.74) is 8.37. The number of fused-ring (bicyclic) bond motifs is 2. The lowest BCUT2D eigenvalue weighted by atomic mass is 10.1. The Labute approximate surface area is 219 Å². The van der Waals surface area contributed by atoms with Gasteiger partial charge in [-0.25, -0.2) is 15.0 Å². The van der Waals surface area contributed by atoms with Gasteiger partial charge in [0.2, 0.25) is 0 Å². The van der Waals surface area contributed by atoms with E-state index in [-0.39, 0.29) is 0 Å². The number of nitrogens with one attached hydrogen (secondary N) is 3. The van der Waals surface area contributed by atoms with E-state index in [1.807, 2.05) is 68.6 Å². The second kappa shape index (κ2) is 10.2. The molecule has 0 atom stereocenters. The van der Waals surface area contributed by atoms with Crippen LogP contribution in [0.5, 0.6) is 0 Å². The minimum absolute atomic E-state index is 0.604. The number of aromatic amines is 2. The van der Waals surface area contributed by atoms with E-state index in [4.69, 9.17) is 16.6 Å². The number of rotatable bonds is 8. The Morgan fingerprint density at radius 1 is 1.11 bits per heavy atom. The summed E-state index contributed by atoms with van der Waals surface area (Å²) in [5.74, 6) is 0.631. The summed E-state index contributed by atoms with van der Waals surface area (Å²) in [5, 5.41) is 12.2. The average Bonchev–Trinajstić information content (AvgIpc) is 3.52. The molecule has 184 valence electrons. The minimum atomic E-state index is 0.604. The maximum absolute atomic E-state index is 6.24. The largest absolute Gasteiger partial charge is 0.360 e. The first-order valence-corrected chi connectivity index (χ1v) is 12.3. The van der Waals surface area contributed by atoms with Gasteiger partial charge in [0, 0.05) is 39.9 Å². The van der Waals surface area contributed by atoms with Crippen LogP contribution in [0, 0.1) is 0 Å². The van der Waals surface area contributed by atoms with Crippen molar-refractivity contribution in [2.75, 3.05) is 0 Å². The Bertz CT molecular complexity index is 1700. The Morgan fingerprint density at radius 2 is 1.97 bits per heavy atom. The maximum Gasteiger partial charge on any atom is 0.181 e. The van der Waals surface area contributed by atoms with Gasteiger partial charge in [-0.15, -0.1) is 0 Å². The van der Waals surface area contributed by atoms with Crippen LogP contribution in [0.15, 0.2) is 91.6 Å².